The Morgan fingerprint density at radius 2 is 2.19 bits per heavy atom. The molecule has 2 atom stereocenters. The zero-order valence-corrected chi connectivity index (χ0v) is 14.8. The molecule has 0 unspecified atom stereocenters. The highest BCUT2D eigenvalue weighted by Crippen LogP contribution is 2.43. The molecule has 9 heteroatoms. The van der Waals surface area contributed by atoms with Crippen molar-refractivity contribution < 1.29 is 4.79 Å². The Morgan fingerprint density at radius 1 is 1.31 bits per heavy atom. The summed E-state index contributed by atoms with van der Waals surface area (Å²) in [5, 5.41) is 16.0. The molecule has 0 radical (unpaired) electrons. The molecule has 3 aromatic heterocycles. The molecule has 26 heavy (non-hydrogen) atoms. The predicted octanol–water partition coefficient (Wildman–Crippen LogP) is 1.01. The first kappa shape index (κ1) is 15.4. The fraction of sp³-hybridized carbons (Fsp3) is 0.529. The zero-order chi connectivity index (χ0) is 17.8. The van der Waals surface area contributed by atoms with Crippen molar-refractivity contribution in [3.63, 3.8) is 0 Å². The number of hydrogen-bond donors (Lipinski definition) is 0. The van der Waals surface area contributed by atoms with Crippen LogP contribution < -0.4 is 0 Å². The summed E-state index contributed by atoms with van der Waals surface area (Å²) in [6, 6.07) is 2.34. The van der Waals surface area contributed by atoms with Gasteiger partial charge in [-0.25, -0.2) is 14.2 Å². The lowest BCUT2D eigenvalue weighted by atomic mass is 9.98. The lowest BCUT2D eigenvalue weighted by Gasteiger charge is -2.36. The Kier molecular flexibility index (Phi) is 3.31. The van der Waals surface area contributed by atoms with Crippen LogP contribution in [0.3, 0.4) is 0 Å². The third kappa shape index (κ3) is 2.23. The number of hydrogen-bond acceptors (Lipinski definition) is 6. The molecule has 2 bridgehead atoms. The number of nitrogens with zero attached hydrogens (tertiary/aromatic N) is 8. The van der Waals surface area contributed by atoms with Gasteiger partial charge in [0.2, 0.25) is 5.91 Å². The van der Waals surface area contributed by atoms with Gasteiger partial charge in [0.1, 0.15) is 5.82 Å². The van der Waals surface area contributed by atoms with E-state index in [1.54, 1.807) is 4.68 Å². The minimum absolute atomic E-state index is 0.104. The van der Waals surface area contributed by atoms with E-state index in [1.165, 1.54) is 5.69 Å². The number of rotatable bonds is 3. The zero-order valence-electron chi connectivity index (χ0n) is 14.8. The van der Waals surface area contributed by atoms with Crippen molar-refractivity contribution in [1.82, 2.24) is 39.7 Å². The van der Waals surface area contributed by atoms with Gasteiger partial charge in [0.15, 0.2) is 5.65 Å². The average Bonchev–Trinajstić information content (AvgIpc) is 3.29. The Balaban J connectivity index is 1.43. The summed E-state index contributed by atoms with van der Waals surface area (Å²) in [7, 11) is 0. The molecule has 0 aromatic carbocycles. The SMILES string of the molecule is Cc1cc2ncc3c(n2n1)C[C@@H]1CC[C@@H]3N1C(=O)CCn1nnnc1C. The van der Waals surface area contributed by atoms with Crippen LogP contribution in [-0.2, 0) is 17.8 Å². The van der Waals surface area contributed by atoms with E-state index in [0.717, 1.165) is 42.0 Å². The molecule has 5 heterocycles. The van der Waals surface area contributed by atoms with Gasteiger partial charge in [0, 0.05) is 36.7 Å². The molecular weight excluding hydrogens is 332 g/mol. The lowest BCUT2D eigenvalue weighted by molar-refractivity contribution is -0.135. The van der Waals surface area contributed by atoms with Crippen LogP contribution in [0.15, 0.2) is 12.3 Å². The van der Waals surface area contributed by atoms with E-state index in [1.807, 2.05) is 30.6 Å². The predicted molar refractivity (Wildman–Crippen MR) is 91.2 cm³/mol. The molecule has 0 spiro atoms. The minimum atomic E-state index is 0.104. The molecule has 5 rings (SSSR count). The molecule has 2 aliphatic rings. The van der Waals surface area contributed by atoms with Gasteiger partial charge in [-0.1, -0.05) is 0 Å². The molecule has 0 aliphatic carbocycles. The highest BCUT2D eigenvalue weighted by Gasteiger charge is 2.43. The highest BCUT2D eigenvalue weighted by atomic mass is 16.2. The third-order valence-corrected chi connectivity index (χ3v) is 5.56. The maximum absolute atomic E-state index is 12.9. The van der Waals surface area contributed by atoms with Crippen LogP contribution in [0.25, 0.3) is 5.65 Å². The number of carbonyl (C=O) groups excluding carboxylic acids is 1. The Labute approximate surface area is 150 Å². The molecule has 134 valence electrons. The molecule has 0 saturated carbocycles. The van der Waals surface area contributed by atoms with Crippen LogP contribution in [0, 0.1) is 13.8 Å². The molecule has 9 nitrogen and oxygen atoms in total. The van der Waals surface area contributed by atoms with E-state index in [2.05, 4.69) is 30.5 Å². The molecule has 1 amide bonds. The van der Waals surface area contributed by atoms with Crippen molar-refractivity contribution in [2.75, 3.05) is 0 Å². The molecule has 3 aromatic rings. The van der Waals surface area contributed by atoms with Gasteiger partial charge in [0.05, 0.1) is 24.0 Å². The molecule has 1 fully saturated rings. The van der Waals surface area contributed by atoms with E-state index < -0.39 is 0 Å². The van der Waals surface area contributed by atoms with Crippen molar-refractivity contribution in [3.05, 3.63) is 35.0 Å². The third-order valence-electron chi connectivity index (χ3n) is 5.56. The van der Waals surface area contributed by atoms with E-state index in [4.69, 9.17) is 0 Å². The summed E-state index contributed by atoms with van der Waals surface area (Å²) in [6.07, 6.45) is 5.19. The number of carbonyl (C=O) groups is 1. The van der Waals surface area contributed by atoms with Crippen molar-refractivity contribution in [2.45, 2.75) is 58.2 Å². The fourth-order valence-electron chi connectivity index (χ4n) is 4.37. The van der Waals surface area contributed by atoms with Crippen LogP contribution in [0.1, 0.15) is 48.1 Å². The number of amides is 1. The topological polar surface area (TPSA) is 94.1 Å². The summed E-state index contributed by atoms with van der Waals surface area (Å²) < 4.78 is 3.64. The smallest absolute Gasteiger partial charge is 0.225 e. The number of fused-ring (bicyclic) bond motifs is 6. The first-order valence-corrected chi connectivity index (χ1v) is 9.00. The van der Waals surface area contributed by atoms with Crippen LogP contribution >= 0.6 is 0 Å². The molecule has 1 saturated heterocycles. The largest absolute Gasteiger partial charge is 0.332 e. The molecule has 0 N–H and O–H groups in total. The van der Waals surface area contributed by atoms with Crippen LogP contribution in [0.5, 0.6) is 0 Å². The molecule has 2 aliphatic heterocycles. The van der Waals surface area contributed by atoms with Gasteiger partial charge in [-0.05, 0) is 37.1 Å². The Morgan fingerprint density at radius 3 is 3.00 bits per heavy atom. The Hall–Kier alpha value is -2.84. The number of aryl methyl sites for hydroxylation is 3. The second kappa shape index (κ2) is 5.58. The van der Waals surface area contributed by atoms with E-state index in [0.29, 0.717) is 13.0 Å². The average molecular weight is 352 g/mol. The summed E-state index contributed by atoms with van der Waals surface area (Å²) in [5.74, 6) is 0.889. The summed E-state index contributed by atoms with van der Waals surface area (Å²) in [4.78, 5) is 19.6. The lowest BCUT2D eigenvalue weighted by Crippen LogP contribution is -2.43. The number of tetrazole rings is 1. The van der Waals surface area contributed by atoms with Crippen LogP contribution in [-0.4, -0.2) is 51.7 Å². The van der Waals surface area contributed by atoms with Gasteiger partial charge < -0.3 is 4.90 Å². The maximum Gasteiger partial charge on any atom is 0.225 e. The van der Waals surface area contributed by atoms with Crippen molar-refractivity contribution in [1.29, 1.82) is 0 Å². The standard InChI is InChI=1S/C17H20N8O/c1-10-7-16-18-9-13-14-4-3-12(8-15(13)25(16)20-10)24(14)17(26)5-6-23-11(2)19-21-22-23/h7,9,12,14H,3-6,8H2,1-2H3/t12-,14-/m0/s1. The van der Waals surface area contributed by atoms with Gasteiger partial charge in [-0.3, -0.25) is 4.79 Å². The van der Waals surface area contributed by atoms with E-state index in [-0.39, 0.29) is 18.0 Å². The second-order valence-corrected chi connectivity index (χ2v) is 7.17. The van der Waals surface area contributed by atoms with Crippen molar-refractivity contribution in [3.8, 4) is 0 Å². The summed E-state index contributed by atoms with van der Waals surface area (Å²) in [6.45, 7) is 4.33. The van der Waals surface area contributed by atoms with E-state index in [9.17, 15) is 4.79 Å². The van der Waals surface area contributed by atoms with Crippen LogP contribution in [0.4, 0.5) is 0 Å². The fourth-order valence-corrected chi connectivity index (χ4v) is 4.37. The Bertz CT molecular complexity index is 1010. The van der Waals surface area contributed by atoms with Gasteiger partial charge in [-0.15, -0.1) is 5.10 Å². The van der Waals surface area contributed by atoms with E-state index >= 15 is 0 Å². The van der Waals surface area contributed by atoms with Crippen LogP contribution in [0.2, 0.25) is 0 Å². The maximum atomic E-state index is 12.9. The monoisotopic (exact) mass is 352 g/mol. The van der Waals surface area contributed by atoms with Gasteiger partial charge >= 0.3 is 0 Å². The number of aromatic nitrogens is 7. The quantitative estimate of drug-likeness (QED) is 0.698. The second-order valence-electron chi connectivity index (χ2n) is 7.17. The van der Waals surface area contributed by atoms with Gasteiger partial charge in [-0.2, -0.15) is 5.10 Å². The summed E-state index contributed by atoms with van der Waals surface area (Å²) >= 11 is 0. The van der Waals surface area contributed by atoms with Crippen molar-refractivity contribution >= 4 is 11.6 Å². The normalized spacial score (nSPS) is 21.4. The van der Waals surface area contributed by atoms with Crippen molar-refractivity contribution in [2.24, 2.45) is 0 Å². The molecular formula is C17H20N8O. The first-order valence-electron chi connectivity index (χ1n) is 9.00. The van der Waals surface area contributed by atoms with Gasteiger partial charge in [0.25, 0.3) is 0 Å². The first-order chi connectivity index (χ1) is 12.6. The summed E-state index contributed by atoms with van der Waals surface area (Å²) in [5.41, 5.74) is 4.19. The minimum Gasteiger partial charge on any atom is -0.332 e. The highest BCUT2D eigenvalue weighted by molar-refractivity contribution is 5.78.